The van der Waals surface area contributed by atoms with Gasteiger partial charge in [0.05, 0.1) is 0 Å². The van der Waals surface area contributed by atoms with Gasteiger partial charge in [0.25, 0.3) is 0 Å². The molecule has 0 spiro atoms. The number of piperidine rings is 1. The number of nitrogens with zero attached hydrogens (tertiary/aromatic N) is 3. The maximum Gasteiger partial charge on any atom is 0.315 e. The van der Waals surface area contributed by atoms with Gasteiger partial charge in [-0.05, 0) is 39.2 Å². The molecule has 1 saturated heterocycles. The van der Waals surface area contributed by atoms with Crippen LogP contribution in [-0.2, 0) is 4.79 Å². The minimum atomic E-state index is -0.532. The van der Waals surface area contributed by atoms with Crippen LogP contribution in [0.15, 0.2) is 18.5 Å². The summed E-state index contributed by atoms with van der Waals surface area (Å²) in [6.45, 7) is 5.46. The van der Waals surface area contributed by atoms with Crippen LogP contribution in [0.3, 0.4) is 0 Å². The van der Waals surface area contributed by atoms with Gasteiger partial charge in [-0.1, -0.05) is 0 Å². The monoisotopic (exact) mass is 334 g/mol. The van der Waals surface area contributed by atoms with Crippen LogP contribution in [0, 0.1) is 0 Å². The summed E-state index contributed by atoms with van der Waals surface area (Å²) in [6, 6.07) is 1.10. The molecule has 1 aliphatic rings. The molecule has 2 rings (SSSR count). The molecular formula is C16H26N6O2. The number of aromatic nitrogens is 2. The second kappa shape index (κ2) is 9.05. The van der Waals surface area contributed by atoms with Crippen molar-refractivity contribution in [1.82, 2.24) is 25.5 Å². The Kier molecular flexibility index (Phi) is 6.77. The van der Waals surface area contributed by atoms with Crippen molar-refractivity contribution >= 4 is 17.9 Å². The van der Waals surface area contributed by atoms with E-state index in [1.807, 2.05) is 4.90 Å². The van der Waals surface area contributed by atoms with Gasteiger partial charge in [-0.2, -0.15) is 0 Å². The van der Waals surface area contributed by atoms with Gasteiger partial charge in [0, 0.05) is 38.1 Å². The van der Waals surface area contributed by atoms with Crippen molar-refractivity contribution in [2.75, 3.05) is 25.0 Å². The van der Waals surface area contributed by atoms with E-state index in [-0.39, 0.29) is 18.0 Å². The van der Waals surface area contributed by atoms with Gasteiger partial charge in [0.2, 0.25) is 11.9 Å². The summed E-state index contributed by atoms with van der Waals surface area (Å²) in [5, 5.41) is 8.40. The van der Waals surface area contributed by atoms with Crippen LogP contribution in [0.5, 0.6) is 0 Å². The predicted octanol–water partition coefficient (Wildman–Crippen LogP) is 0.977. The molecular weight excluding hydrogens is 308 g/mol. The van der Waals surface area contributed by atoms with Crippen LogP contribution in [0.4, 0.5) is 10.7 Å². The lowest BCUT2D eigenvalue weighted by atomic mass is 10.0. The highest BCUT2D eigenvalue weighted by molar-refractivity contribution is 5.87. The Morgan fingerprint density at radius 2 is 2.04 bits per heavy atom. The summed E-state index contributed by atoms with van der Waals surface area (Å²) in [7, 11) is 0. The number of likely N-dealkylation sites (tertiary alicyclic amines) is 1. The molecule has 0 radical (unpaired) electrons. The number of urea groups is 1. The fourth-order valence-electron chi connectivity index (χ4n) is 2.72. The van der Waals surface area contributed by atoms with Crippen molar-refractivity contribution in [2.45, 2.75) is 45.2 Å². The number of carbonyl (C=O) groups is 2. The molecule has 24 heavy (non-hydrogen) atoms. The van der Waals surface area contributed by atoms with E-state index < -0.39 is 6.04 Å². The highest BCUT2D eigenvalue weighted by atomic mass is 16.2. The average Bonchev–Trinajstić information content (AvgIpc) is 2.59. The van der Waals surface area contributed by atoms with Crippen molar-refractivity contribution in [3.63, 3.8) is 0 Å². The summed E-state index contributed by atoms with van der Waals surface area (Å²) >= 11 is 0. The number of amides is 3. The number of nitrogens with one attached hydrogen (secondary N) is 3. The Morgan fingerprint density at radius 3 is 2.75 bits per heavy atom. The second-order valence-electron chi connectivity index (χ2n) is 6.00. The molecule has 0 unspecified atom stereocenters. The predicted molar refractivity (Wildman–Crippen MR) is 91.5 cm³/mol. The van der Waals surface area contributed by atoms with Crippen molar-refractivity contribution in [1.29, 1.82) is 0 Å². The van der Waals surface area contributed by atoms with Crippen LogP contribution in [0.2, 0.25) is 0 Å². The van der Waals surface area contributed by atoms with Gasteiger partial charge in [-0.15, -0.1) is 0 Å². The third kappa shape index (κ3) is 5.36. The van der Waals surface area contributed by atoms with Crippen LogP contribution in [-0.4, -0.2) is 58.5 Å². The Balaban J connectivity index is 1.66. The van der Waals surface area contributed by atoms with E-state index in [2.05, 4.69) is 32.8 Å². The molecule has 8 nitrogen and oxygen atoms in total. The number of hydrogen-bond donors (Lipinski definition) is 3. The highest BCUT2D eigenvalue weighted by Crippen LogP contribution is 2.17. The minimum absolute atomic E-state index is 0.0202. The van der Waals surface area contributed by atoms with Crippen LogP contribution in [0.25, 0.3) is 0 Å². The highest BCUT2D eigenvalue weighted by Gasteiger charge is 2.27. The van der Waals surface area contributed by atoms with Gasteiger partial charge in [-0.25, -0.2) is 14.8 Å². The fraction of sp³-hybridized carbons (Fsp3) is 0.625. The summed E-state index contributed by atoms with van der Waals surface area (Å²) in [5.74, 6) is 0.496. The van der Waals surface area contributed by atoms with Gasteiger partial charge >= 0.3 is 6.03 Å². The molecule has 132 valence electrons. The molecule has 2 heterocycles. The van der Waals surface area contributed by atoms with Crippen molar-refractivity contribution < 1.29 is 9.59 Å². The SMILES string of the molecule is C[C@H](NC(=O)NCCNc1ncccn1)C(=O)N1CCCC[C@H]1C. The molecule has 1 fully saturated rings. The first kappa shape index (κ1) is 18.0. The van der Waals surface area contributed by atoms with Gasteiger partial charge in [0.15, 0.2) is 0 Å². The fourth-order valence-corrected chi connectivity index (χ4v) is 2.72. The number of hydrogen-bond acceptors (Lipinski definition) is 5. The summed E-state index contributed by atoms with van der Waals surface area (Å²) < 4.78 is 0. The summed E-state index contributed by atoms with van der Waals surface area (Å²) in [4.78, 5) is 34.2. The molecule has 2 atom stereocenters. The first-order valence-corrected chi connectivity index (χ1v) is 8.43. The molecule has 0 saturated carbocycles. The molecule has 3 amide bonds. The van der Waals surface area contributed by atoms with Crippen LogP contribution in [0.1, 0.15) is 33.1 Å². The first-order chi connectivity index (χ1) is 11.6. The van der Waals surface area contributed by atoms with E-state index in [0.29, 0.717) is 19.0 Å². The van der Waals surface area contributed by atoms with E-state index in [9.17, 15) is 9.59 Å². The smallest absolute Gasteiger partial charge is 0.315 e. The third-order valence-electron chi connectivity index (χ3n) is 4.06. The van der Waals surface area contributed by atoms with Crippen molar-refractivity contribution in [3.05, 3.63) is 18.5 Å². The number of rotatable bonds is 6. The lowest BCUT2D eigenvalue weighted by Gasteiger charge is -2.35. The molecule has 0 bridgehead atoms. The number of carbonyl (C=O) groups excluding carboxylic acids is 2. The van der Waals surface area contributed by atoms with E-state index in [4.69, 9.17) is 0 Å². The Morgan fingerprint density at radius 1 is 1.29 bits per heavy atom. The molecule has 1 aromatic heterocycles. The molecule has 1 aliphatic heterocycles. The van der Waals surface area contributed by atoms with Gasteiger partial charge in [-0.3, -0.25) is 4.79 Å². The summed E-state index contributed by atoms with van der Waals surface area (Å²) in [6.07, 6.45) is 6.50. The molecule has 8 heteroatoms. The normalized spacial score (nSPS) is 18.6. The van der Waals surface area contributed by atoms with Gasteiger partial charge < -0.3 is 20.9 Å². The van der Waals surface area contributed by atoms with E-state index in [0.717, 1.165) is 25.8 Å². The van der Waals surface area contributed by atoms with Crippen LogP contribution < -0.4 is 16.0 Å². The zero-order valence-electron chi connectivity index (χ0n) is 14.3. The molecule has 1 aromatic rings. The quantitative estimate of drug-likeness (QED) is 0.674. The topological polar surface area (TPSA) is 99.3 Å². The Labute approximate surface area is 142 Å². The average molecular weight is 334 g/mol. The lowest BCUT2D eigenvalue weighted by Crippen LogP contribution is -2.53. The largest absolute Gasteiger partial charge is 0.352 e. The number of anilines is 1. The maximum absolute atomic E-state index is 12.4. The standard InChI is InChI=1S/C16H26N6O2/c1-12-6-3-4-11-22(12)14(23)13(2)21-16(24)20-10-9-19-15-17-7-5-8-18-15/h5,7-8,12-13H,3-4,6,9-11H2,1-2H3,(H,17,18,19)(H2,20,21,24)/t12-,13+/m1/s1. The zero-order chi connectivity index (χ0) is 17.4. The van der Waals surface area contributed by atoms with E-state index in [1.165, 1.54) is 0 Å². The maximum atomic E-state index is 12.4. The summed E-state index contributed by atoms with van der Waals surface area (Å²) in [5.41, 5.74) is 0. The third-order valence-corrected chi connectivity index (χ3v) is 4.06. The molecule has 0 aromatic carbocycles. The minimum Gasteiger partial charge on any atom is -0.352 e. The Hall–Kier alpha value is -2.38. The lowest BCUT2D eigenvalue weighted by molar-refractivity contribution is -0.136. The molecule has 0 aliphatic carbocycles. The second-order valence-corrected chi connectivity index (χ2v) is 6.00. The zero-order valence-corrected chi connectivity index (χ0v) is 14.3. The van der Waals surface area contributed by atoms with E-state index >= 15 is 0 Å². The van der Waals surface area contributed by atoms with Crippen molar-refractivity contribution in [3.8, 4) is 0 Å². The van der Waals surface area contributed by atoms with Gasteiger partial charge in [0.1, 0.15) is 6.04 Å². The Bertz CT molecular complexity index is 539. The van der Waals surface area contributed by atoms with E-state index in [1.54, 1.807) is 25.4 Å². The van der Waals surface area contributed by atoms with Crippen molar-refractivity contribution in [2.24, 2.45) is 0 Å². The van der Waals surface area contributed by atoms with Crippen LogP contribution >= 0.6 is 0 Å². The first-order valence-electron chi connectivity index (χ1n) is 8.43. The molecule has 3 N–H and O–H groups in total.